The van der Waals surface area contributed by atoms with Crippen molar-refractivity contribution in [3.05, 3.63) is 138 Å². The van der Waals surface area contributed by atoms with Gasteiger partial charge in [0.1, 0.15) is 12.2 Å². The summed E-state index contributed by atoms with van der Waals surface area (Å²) in [5, 5.41) is 0. The van der Waals surface area contributed by atoms with Crippen LogP contribution in [0.15, 0.2) is 115 Å². The maximum absolute atomic E-state index is 6.74. The Bertz CT molecular complexity index is 1420. The summed E-state index contributed by atoms with van der Waals surface area (Å²) in [6.07, 6.45) is 3.21. The quantitative estimate of drug-likeness (QED) is 0.191. The van der Waals surface area contributed by atoms with Crippen molar-refractivity contribution in [2.45, 2.75) is 44.1 Å². The summed E-state index contributed by atoms with van der Waals surface area (Å²) in [6, 6.07) is 34.6. The number of rotatable bonds is 11. The fourth-order valence-electron chi connectivity index (χ4n) is 5.32. The lowest BCUT2D eigenvalue weighted by molar-refractivity contribution is -0.147. The fourth-order valence-corrected chi connectivity index (χ4v) is 5.32. The highest BCUT2D eigenvalue weighted by molar-refractivity contribution is 5.56. The van der Waals surface area contributed by atoms with Crippen LogP contribution in [0.4, 0.5) is 0 Å². The third-order valence-corrected chi connectivity index (χ3v) is 7.43. The molecule has 4 aromatic carbocycles. The molecular weight excluding hydrogens is 516 g/mol. The number of methoxy groups -OCH3 is 1. The summed E-state index contributed by atoms with van der Waals surface area (Å²) < 4.78 is 37.0. The zero-order chi connectivity index (χ0) is 27.9. The lowest BCUT2D eigenvalue weighted by Crippen LogP contribution is -2.47. The largest absolute Gasteiger partial charge is 0.493 e. The molecule has 4 aromatic rings. The Morgan fingerprint density at radius 3 is 1.78 bits per heavy atom. The normalized spacial score (nSPS) is 21.1. The molecule has 41 heavy (non-hydrogen) atoms. The average molecular weight is 551 g/mol. The van der Waals surface area contributed by atoms with Gasteiger partial charge in [0, 0.05) is 5.92 Å². The number of benzene rings is 4. The highest BCUT2D eigenvalue weighted by Crippen LogP contribution is 2.45. The molecule has 0 N–H and O–H groups in total. The van der Waals surface area contributed by atoms with Crippen molar-refractivity contribution in [1.29, 1.82) is 0 Å². The highest BCUT2D eigenvalue weighted by atomic mass is 16.7. The van der Waals surface area contributed by atoms with Gasteiger partial charge < -0.3 is 28.4 Å². The third kappa shape index (κ3) is 6.46. The fraction of sp³-hybridized carbons (Fsp3) is 0.257. The van der Waals surface area contributed by atoms with E-state index in [0.29, 0.717) is 37.1 Å². The molecule has 1 aliphatic carbocycles. The van der Waals surface area contributed by atoms with Gasteiger partial charge in [-0.15, -0.1) is 0 Å². The molecule has 6 heteroatoms. The van der Waals surface area contributed by atoms with E-state index < -0.39 is 0 Å². The first kappa shape index (κ1) is 27.1. The second-order valence-electron chi connectivity index (χ2n) is 10.2. The van der Waals surface area contributed by atoms with Crippen molar-refractivity contribution in [1.82, 2.24) is 0 Å². The van der Waals surface area contributed by atoms with Crippen LogP contribution in [0.25, 0.3) is 0 Å². The maximum atomic E-state index is 6.74. The van der Waals surface area contributed by atoms with Gasteiger partial charge in [0.25, 0.3) is 0 Å². The van der Waals surface area contributed by atoms with Gasteiger partial charge in [-0.3, -0.25) is 0 Å². The minimum Gasteiger partial charge on any atom is -0.493 e. The van der Waals surface area contributed by atoms with Crippen molar-refractivity contribution >= 4 is 0 Å². The van der Waals surface area contributed by atoms with E-state index >= 15 is 0 Å². The smallest absolute Gasteiger partial charge is 0.231 e. The molecule has 0 bridgehead atoms. The van der Waals surface area contributed by atoms with Crippen LogP contribution in [-0.4, -0.2) is 32.2 Å². The molecule has 1 aliphatic heterocycles. The molecule has 0 radical (unpaired) electrons. The molecule has 4 atom stereocenters. The SMILES string of the molecule is COc1cc([C@@H]2C=C[C@H](OCc3ccccc3)[C@@H](OCc3ccccc3)[C@@H]2OCc2ccccc2)cc2c1OCO2. The Morgan fingerprint density at radius 2 is 1.20 bits per heavy atom. The van der Waals surface area contributed by atoms with Crippen LogP contribution in [0, 0.1) is 0 Å². The predicted octanol–water partition coefficient (Wildman–Crippen LogP) is 6.83. The van der Waals surface area contributed by atoms with Crippen molar-refractivity contribution in [3.63, 3.8) is 0 Å². The summed E-state index contributed by atoms with van der Waals surface area (Å²) >= 11 is 0. The second kappa shape index (κ2) is 13.0. The molecule has 210 valence electrons. The minimum absolute atomic E-state index is 0.139. The summed E-state index contributed by atoms with van der Waals surface area (Å²) in [4.78, 5) is 0. The Balaban J connectivity index is 1.34. The minimum atomic E-state index is -0.381. The molecule has 0 aromatic heterocycles. The van der Waals surface area contributed by atoms with Crippen molar-refractivity contribution in [3.8, 4) is 17.2 Å². The Kier molecular flexibility index (Phi) is 8.62. The van der Waals surface area contributed by atoms with Gasteiger partial charge in [-0.1, -0.05) is 103 Å². The lowest BCUT2D eigenvalue weighted by Gasteiger charge is -2.39. The van der Waals surface area contributed by atoms with Gasteiger partial charge in [0.15, 0.2) is 11.5 Å². The van der Waals surface area contributed by atoms with E-state index in [1.807, 2.05) is 66.7 Å². The number of hydrogen-bond donors (Lipinski definition) is 0. The molecular formula is C35H34O6. The maximum Gasteiger partial charge on any atom is 0.231 e. The van der Waals surface area contributed by atoms with Crippen LogP contribution in [0.2, 0.25) is 0 Å². The summed E-state index contributed by atoms with van der Waals surface area (Å²) in [6.45, 7) is 1.51. The van der Waals surface area contributed by atoms with Gasteiger partial charge in [-0.05, 0) is 34.4 Å². The summed E-state index contributed by atoms with van der Waals surface area (Å²) in [7, 11) is 1.64. The van der Waals surface area contributed by atoms with Gasteiger partial charge in [0.2, 0.25) is 12.5 Å². The van der Waals surface area contributed by atoms with Crippen LogP contribution >= 0.6 is 0 Å². The molecule has 0 unspecified atom stereocenters. The first-order valence-electron chi connectivity index (χ1n) is 13.9. The number of ether oxygens (including phenoxy) is 6. The Morgan fingerprint density at radius 1 is 0.634 bits per heavy atom. The summed E-state index contributed by atoms with van der Waals surface area (Å²) in [5.74, 6) is 1.78. The molecule has 6 rings (SSSR count). The first-order valence-corrected chi connectivity index (χ1v) is 13.9. The lowest BCUT2D eigenvalue weighted by atomic mass is 9.83. The molecule has 6 nitrogen and oxygen atoms in total. The summed E-state index contributed by atoms with van der Waals surface area (Å²) in [5.41, 5.74) is 4.28. The van der Waals surface area contributed by atoms with Crippen molar-refractivity contribution in [2.24, 2.45) is 0 Å². The number of fused-ring (bicyclic) bond motifs is 1. The van der Waals surface area contributed by atoms with Crippen LogP contribution < -0.4 is 14.2 Å². The van der Waals surface area contributed by atoms with E-state index in [2.05, 4.69) is 48.6 Å². The average Bonchev–Trinajstić information content (AvgIpc) is 3.52. The van der Waals surface area contributed by atoms with Crippen LogP contribution in [0.5, 0.6) is 17.2 Å². The standard InChI is InChI=1S/C35H34O6/c1-36-31-19-28(20-32-34(31)41-24-40-32)29-17-18-30(37-21-25-11-5-2-6-12-25)35(39-23-27-15-9-4-10-16-27)33(29)38-22-26-13-7-3-8-14-26/h2-20,29-30,33,35H,21-24H2,1H3/t29-,30-,33+,35+/m0/s1. The van der Waals surface area contributed by atoms with Gasteiger partial charge in [-0.2, -0.15) is 0 Å². The van der Waals surface area contributed by atoms with Crippen molar-refractivity contribution in [2.75, 3.05) is 13.9 Å². The molecule has 0 saturated carbocycles. The first-order chi connectivity index (χ1) is 20.3. The second-order valence-corrected chi connectivity index (χ2v) is 10.2. The van der Waals surface area contributed by atoms with Gasteiger partial charge >= 0.3 is 0 Å². The van der Waals surface area contributed by atoms with E-state index in [9.17, 15) is 0 Å². The molecule has 0 fully saturated rings. The zero-order valence-electron chi connectivity index (χ0n) is 23.1. The number of hydrogen-bond acceptors (Lipinski definition) is 6. The Labute approximate surface area is 241 Å². The van der Waals surface area contributed by atoms with Crippen LogP contribution in [0.1, 0.15) is 28.2 Å². The topological polar surface area (TPSA) is 55.4 Å². The monoisotopic (exact) mass is 550 g/mol. The van der Waals surface area contributed by atoms with E-state index in [0.717, 1.165) is 22.3 Å². The molecule has 2 aliphatic rings. The van der Waals surface area contributed by atoms with E-state index in [4.69, 9.17) is 28.4 Å². The third-order valence-electron chi connectivity index (χ3n) is 7.43. The van der Waals surface area contributed by atoms with Crippen LogP contribution in [-0.2, 0) is 34.0 Å². The van der Waals surface area contributed by atoms with E-state index in [-0.39, 0.29) is 31.0 Å². The predicted molar refractivity (Wildman–Crippen MR) is 156 cm³/mol. The van der Waals surface area contributed by atoms with Crippen LogP contribution in [0.3, 0.4) is 0 Å². The molecule has 1 heterocycles. The molecule has 0 spiro atoms. The highest BCUT2D eigenvalue weighted by Gasteiger charge is 2.40. The van der Waals surface area contributed by atoms with Crippen molar-refractivity contribution < 1.29 is 28.4 Å². The Hall–Kier alpha value is -4.10. The molecule has 0 amide bonds. The van der Waals surface area contributed by atoms with E-state index in [1.165, 1.54) is 0 Å². The van der Waals surface area contributed by atoms with Gasteiger partial charge in [-0.25, -0.2) is 0 Å². The molecule has 0 saturated heterocycles. The van der Waals surface area contributed by atoms with E-state index in [1.54, 1.807) is 7.11 Å². The van der Waals surface area contributed by atoms with Gasteiger partial charge in [0.05, 0.1) is 33.0 Å². The zero-order valence-corrected chi connectivity index (χ0v) is 23.1.